The molecule has 164 valence electrons. The van der Waals surface area contributed by atoms with Gasteiger partial charge in [-0.1, -0.05) is 0 Å². The molecule has 0 amide bonds. The van der Waals surface area contributed by atoms with E-state index in [2.05, 4.69) is 0 Å². The monoisotopic (exact) mass is 418 g/mol. The third-order valence-electron chi connectivity index (χ3n) is 3.32. The highest BCUT2D eigenvalue weighted by Crippen LogP contribution is 2.31. The SMILES string of the molecule is CC(=O)OC1OC(C(=O)OC(C)(C)C)C(OC(C)=O)C(OC(C)=O)C1OC(C)=O. The van der Waals surface area contributed by atoms with Crippen LogP contribution in [0.15, 0.2) is 0 Å². The second kappa shape index (κ2) is 9.68. The smallest absolute Gasteiger partial charge is 0.340 e. The van der Waals surface area contributed by atoms with Crippen LogP contribution in [0.2, 0.25) is 0 Å². The molecule has 0 aromatic rings. The first-order valence-electron chi connectivity index (χ1n) is 8.78. The molecule has 1 fully saturated rings. The van der Waals surface area contributed by atoms with Crippen LogP contribution in [0.1, 0.15) is 48.5 Å². The van der Waals surface area contributed by atoms with Gasteiger partial charge >= 0.3 is 29.8 Å². The molecule has 29 heavy (non-hydrogen) atoms. The summed E-state index contributed by atoms with van der Waals surface area (Å²) in [6.45, 7) is 9.06. The quantitative estimate of drug-likeness (QED) is 0.453. The first-order chi connectivity index (χ1) is 13.2. The average molecular weight is 418 g/mol. The van der Waals surface area contributed by atoms with Crippen LogP contribution in [-0.2, 0) is 52.4 Å². The molecule has 0 radical (unpaired) electrons. The number of carbonyl (C=O) groups excluding carboxylic acids is 5. The average Bonchev–Trinajstić information content (AvgIpc) is 2.49. The predicted molar refractivity (Wildman–Crippen MR) is 92.9 cm³/mol. The number of hydrogen-bond donors (Lipinski definition) is 0. The standard InChI is InChI=1S/C18H26O11/c1-8(19)24-12-13(25-9(2)20)15(26-10(3)21)17(27-11(4)22)28-14(12)16(23)29-18(5,6)7/h12-15,17H,1-7H3. The lowest BCUT2D eigenvalue weighted by Crippen LogP contribution is -2.64. The van der Waals surface area contributed by atoms with Gasteiger partial charge < -0.3 is 28.4 Å². The van der Waals surface area contributed by atoms with Crippen LogP contribution < -0.4 is 0 Å². The number of carbonyl (C=O) groups is 5. The van der Waals surface area contributed by atoms with E-state index in [1.54, 1.807) is 20.8 Å². The van der Waals surface area contributed by atoms with E-state index in [1.807, 2.05) is 0 Å². The van der Waals surface area contributed by atoms with E-state index in [1.165, 1.54) is 0 Å². The molecule has 0 aromatic carbocycles. The second-order valence-corrected chi connectivity index (χ2v) is 7.29. The van der Waals surface area contributed by atoms with Gasteiger partial charge in [0.25, 0.3) is 0 Å². The molecule has 1 heterocycles. The summed E-state index contributed by atoms with van der Waals surface area (Å²) in [6, 6.07) is 0. The Labute approximate surface area is 167 Å². The molecule has 1 aliphatic rings. The fraction of sp³-hybridized carbons (Fsp3) is 0.722. The highest BCUT2D eigenvalue weighted by molar-refractivity contribution is 5.78. The Morgan fingerprint density at radius 2 is 1.07 bits per heavy atom. The van der Waals surface area contributed by atoms with Crippen molar-refractivity contribution >= 4 is 29.8 Å². The fourth-order valence-corrected chi connectivity index (χ4v) is 2.58. The summed E-state index contributed by atoms with van der Waals surface area (Å²) in [5.74, 6) is -4.24. The van der Waals surface area contributed by atoms with Gasteiger partial charge in [-0.25, -0.2) is 4.79 Å². The van der Waals surface area contributed by atoms with Crippen LogP contribution in [0, 0.1) is 0 Å². The van der Waals surface area contributed by atoms with Gasteiger partial charge in [0.15, 0.2) is 18.3 Å². The topological polar surface area (TPSA) is 141 Å². The number of rotatable bonds is 5. The molecule has 0 bridgehead atoms. The molecule has 0 N–H and O–H groups in total. The zero-order valence-electron chi connectivity index (χ0n) is 17.4. The summed E-state index contributed by atoms with van der Waals surface area (Å²) in [5.41, 5.74) is -0.929. The molecular formula is C18H26O11. The van der Waals surface area contributed by atoms with E-state index < -0.39 is 66.2 Å². The maximum Gasteiger partial charge on any atom is 0.340 e. The summed E-state index contributed by atoms with van der Waals surface area (Å²) in [5, 5.41) is 0. The molecular weight excluding hydrogens is 392 g/mol. The third-order valence-corrected chi connectivity index (χ3v) is 3.32. The van der Waals surface area contributed by atoms with Crippen molar-refractivity contribution in [2.45, 2.75) is 84.8 Å². The molecule has 11 heteroatoms. The lowest BCUT2D eigenvalue weighted by Gasteiger charge is -2.43. The predicted octanol–water partition coefficient (Wildman–Crippen LogP) is 0.411. The van der Waals surface area contributed by atoms with E-state index in [4.69, 9.17) is 28.4 Å². The summed E-state index contributed by atoms with van der Waals surface area (Å²) < 4.78 is 31.2. The van der Waals surface area contributed by atoms with Crippen LogP contribution >= 0.6 is 0 Å². The Bertz CT molecular complexity index is 663. The molecule has 0 spiro atoms. The van der Waals surface area contributed by atoms with Crippen molar-refractivity contribution in [2.75, 3.05) is 0 Å². The highest BCUT2D eigenvalue weighted by Gasteiger charge is 2.56. The zero-order valence-corrected chi connectivity index (χ0v) is 17.4. The van der Waals surface area contributed by atoms with Crippen LogP contribution in [0.5, 0.6) is 0 Å². The van der Waals surface area contributed by atoms with Crippen molar-refractivity contribution < 1.29 is 52.4 Å². The molecule has 0 aliphatic carbocycles. The van der Waals surface area contributed by atoms with E-state index in [0.717, 1.165) is 27.7 Å². The molecule has 1 rings (SSSR count). The van der Waals surface area contributed by atoms with Gasteiger partial charge in [-0.05, 0) is 20.8 Å². The minimum atomic E-state index is -1.63. The Balaban J connectivity index is 3.43. The Hall–Kier alpha value is -2.69. The second-order valence-electron chi connectivity index (χ2n) is 7.29. The normalized spacial score (nSPS) is 26.7. The molecule has 1 saturated heterocycles. The molecule has 5 unspecified atom stereocenters. The summed E-state index contributed by atoms with van der Waals surface area (Å²) in [4.78, 5) is 59.0. The lowest BCUT2D eigenvalue weighted by molar-refractivity contribution is -0.295. The van der Waals surface area contributed by atoms with Gasteiger partial charge in [0, 0.05) is 27.7 Å². The maximum atomic E-state index is 12.7. The van der Waals surface area contributed by atoms with Crippen LogP contribution in [0.4, 0.5) is 0 Å². The zero-order chi connectivity index (χ0) is 22.5. The summed E-state index contributed by atoms with van der Waals surface area (Å²) in [7, 11) is 0. The molecule has 0 saturated carbocycles. The number of hydrogen-bond acceptors (Lipinski definition) is 11. The van der Waals surface area contributed by atoms with Gasteiger partial charge in [0.05, 0.1) is 0 Å². The van der Waals surface area contributed by atoms with Crippen molar-refractivity contribution in [2.24, 2.45) is 0 Å². The van der Waals surface area contributed by atoms with Crippen LogP contribution in [-0.4, -0.2) is 66.2 Å². The van der Waals surface area contributed by atoms with Crippen molar-refractivity contribution in [3.05, 3.63) is 0 Å². The van der Waals surface area contributed by atoms with Crippen LogP contribution in [0.25, 0.3) is 0 Å². The Kier molecular flexibility index (Phi) is 8.13. The van der Waals surface area contributed by atoms with Gasteiger partial charge in [-0.3, -0.25) is 19.2 Å². The minimum Gasteiger partial charge on any atom is -0.458 e. The fourth-order valence-electron chi connectivity index (χ4n) is 2.58. The third kappa shape index (κ3) is 7.68. The van der Waals surface area contributed by atoms with Crippen molar-refractivity contribution in [3.8, 4) is 0 Å². The van der Waals surface area contributed by atoms with Gasteiger partial charge in [-0.2, -0.15) is 0 Å². The first-order valence-corrected chi connectivity index (χ1v) is 8.78. The Morgan fingerprint density at radius 1 is 0.655 bits per heavy atom. The highest BCUT2D eigenvalue weighted by atomic mass is 16.7. The van der Waals surface area contributed by atoms with Gasteiger partial charge in [0.1, 0.15) is 5.60 Å². The molecule has 5 atom stereocenters. The van der Waals surface area contributed by atoms with E-state index >= 15 is 0 Å². The van der Waals surface area contributed by atoms with Crippen molar-refractivity contribution in [3.63, 3.8) is 0 Å². The van der Waals surface area contributed by atoms with E-state index in [-0.39, 0.29) is 0 Å². The summed E-state index contributed by atoms with van der Waals surface area (Å²) in [6.07, 6.45) is -7.77. The van der Waals surface area contributed by atoms with Gasteiger partial charge in [0.2, 0.25) is 12.4 Å². The van der Waals surface area contributed by atoms with Crippen molar-refractivity contribution in [1.29, 1.82) is 0 Å². The van der Waals surface area contributed by atoms with Crippen LogP contribution in [0.3, 0.4) is 0 Å². The lowest BCUT2D eigenvalue weighted by atomic mass is 9.97. The van der Waals surface area contributed by atoms with Gasteiger partial charge in [-0.15, -0.1) is 0 Å². The summed E-state index contributed by atoms with van der Waals surface area (Å²) >= 11 is 0. The maximum absolute atomic E-state index is 12.7. The number of esters is 5. The Morgan fingerprint density at radius 3 is 1.48 bits per heavy atom. The molecule has 0 aromatic heterocycles. The van der Waals surface area contributed by atoms with Crippen molar-refractivity contribution in [1.82, 2.24) is 0 Å². The van der Waals surface area contributed by atoms with E-state index in [0.29, 0.717) is 0 Å². The number of ether oxygens (including phenoxy) is 6. The minimum absolute atomic E-state index is 0.815. The molecule has 1 aliphatic heterocycles. The van der Waals surface area contributed by atoms with E-state index in [9.17, 15) is 24.0 Å². The first kappa shape index (κ1) is 24.3. The molecule has 11 nitrogen and oxygen atoms in total. The largest absolute Gasteiger partial charge is 0.458 e.